The highest BCUT2D eigenvalue weighted by molar-refractivity contribution is 5.84. The molecule has 0 spiro atoms. The van der Waals surface area contributed by atoms with Crippen LogP contribution in [0, 0.1) is 0 Å². The van der Waals surface area contributed by atoms with Crippen molar-refractivity contribution in [1.82, 2.24) is 30.5 Å². The summed E-state index contributed by atoms with van der Waals surface area (Å²) in [6.07, 6.45) is 3.86. The van der Waals surface area contributed by atoms with Gasteiger partial charge in [0.25, 0.3) is 0 Å². The molecule has 1 amide bonds. The van der Waals surface area contributed by atoms with Crippen molar-refractivity contribution in [1.29, 1.82) is 0 Å². The maximum Gasteiger partial charge on any atom is 0.224 e. The first-order valence-electron chi connectivity index (χ1n) is 11.0. The van der Waals surface area contributed by atoms with Crippen molar-refractivity contribution in [2.45, 2.75) is 12.3 Å². The minimum absolute atomic E-state index is 0.00630. The van der Waals surface area contributed by atoms with Gasteiger partial charge in [0.15, 0.2) is 0 Å². The van der Waals surface area contributed by atoms with E-state index in [4.69, 9.17) is 4.74 Å². The number of hydrogen-bond acceptors (Lipinski definition) is 5. The van der Waals surface area contributed by atoms with E-state index in [0.29, 0.717) is 13.0 Å². The second-order valence-corrected chi connectivity index (χ2v) is 8.02. The Bertz CT molecular complexity index is 1380. The molecule has 0 saturated carbocycles. The average Bonchev–Trinajstić information content (AvgIpc) is 3.56. The molecule has 2 N–H and O–H groups in total. The van der Waals surface area contributed by atoms with Crippen LogP contribution in [0.2, 0.25) is 0 Å². The number of aromatic nitrogens is 5. The van der Waals surface area contributed by atoms with Gasteiger partial charge >= 0.3 is 0 Å². The first kappa shape index (κ1) is 21.4. The third kappa shape index (κ3) is 4.52. The number of H-pyrrole nitrogens is 1. The lowest BCUT2D eigenvalue weighted by Gasteiger charge is -2.19. The minimum atomic E-state index is -0.0338. The van der Waals surface area contributed by atoms with Gasteiger partial charge < -0.3 is 15.0 Å². The molecule has 170 valence electrons. The molecule has 1 unspecified atom stereocenters. The van der Waals surface area contributed by atoms with E-state index in [1.165, 1.54) is 6.33 Å². The Morgan fingerprint density at radius 1 is 1.06 bits per heavy atom. The largest absolute Gasteiger partial charge is 0.497 e. The molecular weight excluding hydrogens is 428 g/mol. The Balaban J connectivity index is 1.32. The van der Waals surface area contributed by atoms with E-state index in [0.717, 1.165) is 39.0 Å². The lowest BCUT2D eigenvalue weighted by Crippen LogP contribution is -2.30. The SMILES string of the molecule is COc1ccc(C(CNC(=O)Cc2ccc(-n3cnnn3)cc2)c2c[nH]c3ccccc23)cc1. The number of carbonyl (C=O) groups excluding carboxylic acids is 1. The Labute approximate surface area is 196 Å². The molecule has 0 bridgehead atoms. The van der Waals surface area contributed by atoms with Crippen molar-refractivity contribution in [3.63, 3.8) is 0 Å². The Hall–Kier alpha value is -4.46. The van der Waals surface area contributed by atoms with Crippen molar-refractivity contribution < 1.29 is 9.53 Å². The van der Waals surface area contributed by atoms with E-state index in [2.05, 4.69) is 50.1 Å². The summed E-state index contributed by atoms with van der Waals surface area (Å²) >= 11 is 0. The predicted octanol–water partition coefficient (Wildman–Crippen LogP) is 3.64. The number of fused-ring (bicyclic) bond motifs is 1. The van der Waals surface area contributed by atoms with E-state index >= 15 is 0 Å². The van der Waals surface area contributed by atoms with Gasteiger partial charge in [0, 0.05) is 29.6 Å². The number of rotatable bonds is 8. The summed E-state index contributed by atoms with van der Waals surface area (Å²) in [5, 5.41) is 15.4. The lowest BCUT2D eigenvalue weighted by molar-refractivity contribution is -0.120. The molecule has 0 aliphatic heterocycles. The number of ether oxygens (including phenoxy) is 1. The quantitative estimate of drug-likeness (QED) is 0.375. The van der Waals surface area contributed by atoms with Crippen LogP contribution in [0.25, 0.3) is 16.6 Å². The molecule has 2 aromatic heterocycles. The zero-order valence-corrected chi connectivity index (χ0v) is 18.7. The summed E-state index contributed by atoms with van der Waals surface area (Å²) in [5.74, 6) is 0.761. The van der Waals surface area contributed by atoms with E-state index in [9.17, 15) is 4.79 Å². The van der Waals surface area contributed by atoms with Crippen LogP contribution in [0.5, 0.6) is 5.75 Å². The van der Waals surface area contributed by atoms with E-state index < -0.39 is 0 Å². The fourth-order valence-electron chi connectivity index (χ4n) is 4.14. The fourth-order valence-corrected chi connectivity index (χ4v) is 4.14. The van der Waals surface area contributed by atoms with Gasteiger partial charge in [-0.25, -0.2) is 4.68 Å². The summed E-state index contributed by atoms with van der Waals surface area (Å²) < 4.78 is 6.89. The van der Waals surface area contributed by atoms with Crippen molar-refractivity contribution in [2.24, 2.45) is 0 Å². The van der Waals surface area contributed by atoms with Crippen molar-refractivity contribution >= 4 is 16.8 Å². The number of methoxy groups -OCH3 is 1. The van der Waals surface area contributed by atoms with Crippen LogP contribution >= 0.6 is 0 Å². The summed E-state index contributed by atoms with van der Waals surface area (Å²) in [4.78, 5) is 16.2. The molecule has 2 heterocycles. The monoisotopic (exact) mass is 452 g/mol. The van der Waals surface area contributed by atoms with Gasteiger partial charge in [-0.05, 0) is 57.4 Å². The number of carbonyl (C=O) groups is 1. The molecule has 5 aromatic rings. The van der Waals surface area contributed by atoms with Crippen LogP contribution in [-0.2, 0) is 11.2 Å². The second kappa shape index (κ2) is 9.58. The molecule has 8 heteroatoms. The number of para-hydroxylation sites is 1. The molecule has 1 atom stereocenters. The first-order chi connectivity index (χ1) is 16.7. The molecule has 5 rings (SSSR count). The Morgan fingerprint density at radius 2 is 1.85 bits per heavy atom. The van der Waals surface area contributed by atoms with Gasteiger partial charge in [-0.1, -0.05) is 42.5 Å². The number of nitrogens with one attached hydrogen (secondary N) is 2. The third-order valence-corrected chi connectivity index (χ3v) is 5.93. The van der Waals surface area contributed by atoms with Crippen molar-refractivity contribution in [2.75, 3.05) is 13.7 Å². The number of hydrogen-bond donors (Lipinski definition) is 2. The van der Waals surface area contributed by atoms with Gasteiger partial charge in [-0.2, -0.15) is 0 Å². The predicted molar refractivity (Wildman–Crippen MR) is 129 cm³/mol. The summed E-state index contributed by atoms with van der Waals surface area (Å²) in [6, 6.07) is 23.8. The van der Waals surface area contributed by atoms with Gasteiger partial charge in [-0.15, -0.1) is 5.10 Å². The number of tetrazole rings is 1. The highest BCUT2D eigenvalue weighted by atomic mass is 16.5. The Kier molecular flexibility index (Phi) is 6.03. The number of benzene rings is 3. The van der Waals surface area contributed by atoms with Gasteiger partial charge in [0.05, 0.1) is 19.2 Å². The van der Waals surface area contributed by atoms with Crippen LogP contribution in [0.4, 0.5) is 0 Å². The minimum Gasteiger partial charge on any atom is -0.497 e. The van der Waals surface area contributed by atoms with Crippen LogP contribution in [-0.4, -0.2) is 44.8 Å². The van der Waals surface area contributed by atoms with Crippen LogP contribution in [0.3, 0.4) is 0 Å². The standard InChI is InChI=1S/C26H24N6O2/c1-34-21-12-8-19(9-13-21)23(24-16-27-25-5-3-2-4-22(24)25)15-28-26(33)14-18-6-10-20(11-7-18)32-17-29-30-31-32/h2-13,16-17,23,27H,14-15H2,1H3,(H,28,33). The maximum absolute atomic E-state index is 12.8. The van der Waals surface area contributed by atoms with Gasteiger partial charge in [0.1, 0.15) is 12.1 Å². The fraction of sp³-hybridized carbons (Fsp3) is 0.154. The summed E-state index contributed by atoms with van der Waals surface area (Å²) in [5.41, 5.74) is 5.09. The van der Waals surface area contributed by atoms with Gasteiger partial charge in [-0.3, -0.25) is 4.79 Å². The molecule has 0 aliphatic carbocycles. The normalized spacial score (nSPS) is 11.9. The highest BCUT2D eigenvalue weighted by Gasteiger charge is 2.19. The second-order valence-electron chi connectivity index (χ2n) is 8.02. The maximum atomic E-state index is 12.8. The smallest absolute Gasteiger partial charge is 0.224 e. The molecule has 0 fully saturated rings. The Morgan fingerprint density at radius 3 is 2.59 bits per heavy atom. The van der Waals surface area contributed by atoms with E-state index in [-0.39, 0.29) is 11.8 Å². The number of aromatic amines is 1. The third-order valence-electron chi connectivity index (χ3n) is 5.93. The van der Waals surface area contributed by atoms with Crippen molar-refractivity contribution in [3.05, 3.63) is 102 Å². The van der Waals surface area contributed by atoms with Crippen LogP contribution < -0.4 is 10.1 Å². The molecule has 3 aromatic carbocycles. The van der Waals surface area contributed by atoms with E-state index in [1.54, 1.807) is 11.8 Å². The topological polar surface area (TPSA) is 97.7 Å². The molecule has 0 radical (unpaired) electrons. The zero-order valence-electron chi connectivity index (χ0n) is 18.7. The van der Waals surface area contributed by atoms with Crippen LogP contribution in [0.15, 0.2) is 85.3 Å². The molecule has 0 saturated heterocycles. The molecule has 34 heavy (non-hydrogen) atoms. The first-order valence-corrected chi connectivity index (χ1v) is 11.0. The highest BCUT2D eigenvalue weighted by Crippen LogP contribution is 2.31. The summed E-state index contributed by atoms with van der Waals surface area (Å²) in [7, 11) is 1.65. The van der Waals surface area contributed by atoms with Gasteiger partial charge in [0.2, 0.25) is 5.91 Å². The average molecular weight is 453 g/mol. The zero-order chi connectivity index (χ0) is 23.3. The molecular formula is C26H24N6O2. The summed E-state index contributed by atoms with van der Waals surface area (Å²) in [6.45, 7) is 0.482. The van der Waals surface area contributed by atoms with Crippen molar-refractivity contribution in [3.8, 4) is 11.4 Å². The number of nitrogens with zero attached hydrogens (tertiary/aromatic N) is 4. The molecule has 8 nitrogen and oxygen atoms in total. The lowest BCUT2D eigenvalue weighted by atomic mass is 9.90. The number of amides is 1. The van der Waals surface area contributed by atoms with E-state index in [1.807, 2.05) is 54.7 Å². The van der Waals surface area contributed by atoms with Crippen LogP contribution in [0.1, 0.15) is 22.6 Å². The molecule has 0 aliphatic rings.